The van der Waals surface area contributed by atoms with Crippen molar-refractivity contribution in [3.8, 4) is 0 Å². The van der Waals surface area contributed by atoms with Gasteiger partial charge in [0, 0.05) is 6.54 Å². The lowest BCUT2D eigenvalue weighted by atomic mass is 10.0. The molecule has 0 saturated carbocycles. The molecule has 6 amide bonds. The van der Waals surface area contributed by atoms with Crippen molar-refractivity contribution in [2.24, 2.45) is 17.6 Å². The van der Waals surface area contributed by atoms with Crippen LogP contribution in [-0.2, 0) is 33.5 Å². The molecule has 0 spiro atoms. The number of nitrogens with one attached hydrogen (secondary N) is 4. The Morgan fingerprint density at radius 3 is 2.22 bits per heavy atom. The molecule has 4 atom stereocenters. The van der Waals surface area contributed by atoms with Gasteiger partial charge in [-0.1, -0.05) is 71.4 Å². The number of primary amides is 1. The van der Waals surface area contributed by atoms with E-state index in [1.165, 1.54) is 4.90 Å². The molecule has 1 aliphatic rings. The first-order chi connectivity index (χ1) is 21.3. The monoisotopic (exact) mass is 630 g/mol. The van der Waals surface area contributed by atoms with Crippen LogP contribution in [0.2, 0.25) is 0 Å². The van der Waals surface area contributed by atoms with Crippen LogP contribution < -0.4 is 27.0 Å². The van der Waals surface area contributed by atoms with Gasteiger partial charge in [0.1, 0.15) is 18.1 Å². The van der Waals surface area contributed by atoms with Crippen LogP contribution in [0.25, 0.3) is 0 Å². The Morgan fingerprint density at radius 2 is 1.64 bits per heavy atom. The molecule has 45 heavy (non-hydrogen) atoms. The van der Waals surface area contributed by atoms with Gasteiger partial charge in [-0.05, 0) is 36.7 Å². The second-order valence-electron chi connectivity index (χ2n) is 11.8. The number of benzene rings is 1. The van der Waals surface area contributed by atoms with E-state index in [0.29, 0.717) is 24.8 Å². The Morgan fingerprint density at radius 1 is 0.978 bits per heavy atom. The van der Waals surface area contributed by atoms with Crippen LogP contribution in [0, 0.1) is 11.8 Å². The summed E-state index contributed by atoms with van der Waals surface area (Å²) in [4.78, 5) is 90.5. The molecule has 1 aliphatic heterocycles. The van der Waals surface area contributed by atoms with Crippen molar-refractivity contribution in [2.45, 2.75) is 84.5 Å². The number of likely N-dealkylation sites (tertiary alicyclic amines) is 1. The molecule has 0 bridgehead atoms. The highest BCUT2D eigenvalue weighted by Gasteiger charge is 2.40. The molecule has 2 rings (SSSR count). The second-order valence-corrected chi connectivity index (χ2v) is 11.8. The van der Waals surface area contributed by atoms with Gasteiger partial charge in [0.15, 0.2) is 0 Å². The van der Waals surface area contributed by atoms with E-state index in [1.807, 2.05) is 13.8 Å². The van der Waals surface area contributed by atoms with Crippen LogP contribution in [0.3, 0.4) is 0 Å². The summed E-state index contributed by atoms with van der Waals surface area (Å²) in [6.07, 6.45) is 0.730. The number of amides is 6. The molecule has 1 saturated heterocycles. The first-order valence-corrected chi connectivity index (χ1v) is 15.3. The van der Waals surface area contributed by atoms with Crippen molar-refractivity contribution in [3.63, 3.8) is 0 Å². The van der Waals surface area contributed by atoms with E-state index in [4.69, 9.17) is 10.5 Å². The standard InChI is InChI=1S/C31H46N6O8/c1-6-11-21(26(39)29(42)33-16-23(38)35-25(27(32)40)20-12-8-7-9-13-20)34-28(41)22-14-10-15-37(22)30(43)24(19(4)5)36-31(44)45-17-18(2)3/h7-9,12-13,18-19,21-22,24-25H,6,10-11,14-17H2,1-5H3,(H2,32,40)(H,33,42)(H,34,41)(H,35,38)(H,36,44)/t21?,22-,24-,25-/m0/s1. The fourth-order valence-corrected chi connectivity index (χ4v) is 4.81. The molecule has 0 aliphatic carbocycles. The topological polar surface area (TPSA) is 206 Å². The predicted octanol–water partition coefficient (Wildman–Crippen LogP) is 0.697. The van der Waals surface area contributed by atoms with Gasteiger partial charge in [0.25, 0.3) is 5.91 Å². The highest BCUT2D eigenvalue weighted by molar-refractivity contribution is 6.38. The minimum Gasteiger partial charge on any atom is -0.449 e. The third kappa shape index (κ3) is 11.2. The lowest BCUT2D eigenvalue weighted by Crippen LogP contribution is -2.57. The van der Waals surface area contributed by atoms with E-state index in [1.54, 1.807) is 51.1 Å². The average Bonchev–Trinajstić information content (AvgIpc) is 3.50. The van der Waals surface area contributed by atoms with Crippen molar-refractivity contribution < 1.29 is 38.3 Å². The zero-order chi connectivity index (χ0) is 33.7. The van der Waals surface area contributed by atoms with Crippen molar-refractivity contribution in [1.82, 2.24) is 26.2 Å². The van der Waals surface area contributed by atoms with E-state index in [9.17, 15) is 33.6 Å². The third-order valence-electron chi connectivity index (χ3n) is 7.16. The lowest BCUT2D eigenvalue weighted by molar-refractivity contribution is -0.143. The Kier molecular flexibility index (Phi) is 14.4. The number of Topliss-reactive ketones (excluding diaryl/α,β-unsaturated/α-hetero) is 1. The molecule has 14 heteroatoms. The van der Waals surface area contributed by atoms with Crippen LogP contribution in [0.15, 0.2) is 30.3 Å². The molecule has 1 heterocycles. The number of ketones is 1. The zero-order valence-electron chi connectivity index (χ0n) is 26.6. The molecular weight excluding hydrogens is 584 g/mol. The SMILES string of the molecule is CCCC(NC(=O)[C@@H]1CCCN1C(=O)[C@@H](NC(=O)OCC(C)C)C(C)C)C(=O)C(=O)NCC(=O)N[C@H](C(N)=O)c1ccccc1. The van der Waals surface area contributed by atoms with Gasteiger partial charge in [0.05, 0.1) is 19.2 Å². The first kappa shape index (κ1) is 36.7. The minimum absolute atomic E-state index is 0.113. The third-order valence-corrected chi connectivity index (χ3v) is 7.16. The van der Waals surface area contributed by atoms with Crippen LogP contribution in [0.5, 0.6) is 0 Å². The summed E-state index contributed by atoms with van der Waals surface area (Å²) in [6.45, 7) is 8.93. The van der Waals surface area contributed by atoms with Gasteiger partial charge >= 0.3 is 6.09 Å². The van der Waals surface area contributed by atoms with Gasteiger partial charge in [-0.25, -0.2) is 4.79 Å². The smallest absolute Gasteiger partial charge is 0.407 e. The Hall–Kier alpha value is -4.49. The molecule has 14 nitrogen and oxygen atoms in total. The molecule has 1 aromatic rings. The first-order valence-electron chi connectivity index (χ1n) is 15.3. The van der Waals surface area contributed by atoms with Crippen molar-refractivity contribution >= 4 is 41.4 Å². The molecule has 1 aromatic carbocycles. The molecule has 0 aromatic heterocycles. The fraction of sp³-hybridized carbons (Fsp3) is 0.581. The number of alkyl carbamates (subject to hydrolysis) is 1. The maximum Gasteiger partial charge on any atom is 0.407 e. The van der Waals surface area contributed by atoms with E-state index in [2.05, 4.69) is 21.3 Å². The number of hydrogen-bond acceptors (Lipinski definition) is 8. The highest BCUT2D eigenvalue weighted by atomic mass is 16.5. The zero-order valence-corrected chi connectivity index (χ0v) is 26.6. The number of hydrogen-bond donors (Lipinski definition) is 5. The van der Waals surface area contributed by atoms with E-state index in [0.717, 1.165) is 0 Å². The van der Waals surface area contributed by atoms with Crippen LogP contribution >= 0.6 is 0 Å². The fourth-order valence-electron chi connectivity index (χ4n) is 4.81. The number of carbonyl (C=O) groups excluding carboxylic acids is 7. The lowest BCUT2D eigenvalue weighted by Gasteiger charge is -2.31. The van der Waals surface area contributed by atoms with Gasteiger partial charge in [-0.3, -0.25) is 28.8 Å². The van der Waals surface area contributed by atoms with Crippen molar-refractivity contribution in [1.29, 1.82) is 0 Å². The van der Waals surface area contributed by atoms with Gasteiger partial charge in [-0.15, -0.1) is 0 Å². The number of nitrogens with two attached hydrogens (primary N) is 1. The normalized spacial score (nSPS) is 16.3. The molecule has 248 valence electrons. The van der Waals surface area contributed by atoms with Crippen LogP contribution in [-0.4, -0.2) is 84.1 Å². The Bertz CT molecular complexity index is 1220. The van der Waals surface area contributed by atoms with Crippen LogP contribution in [0.1, 0.15) is 71.9 Å². The predicted molar refractivity (Wildman–Crippen MR) is 164 cm³/mol. The van der Waals surface area contributed by atoms with Crippen molar-refractivity contribution in [3.05, 3.63) is 35.9 Å². The summed E-state index contributed by atoms with van der Waals surface area (Å²) in [5.41, 5.74) is 5.86. The van der Waals surface area contributed by atoms with Gasteiger partial charge in [-0.2, -0.15) is 0 Å². The van der Waals surface area contributed by atoms with Gasteiger partial charge in [0.2, 0.25) is 29.4 Å². The summed E-state index contributed by atoms with van der Waals surface area (Å²) in [7, 11) is 0. The number of rotatable bonds is 16. The largest absolute Gasteiger partial charge is 0.449 e. The summed E-state index contributed by atoms with van der Waals surface area (Å²) in [6, 6.07) is 4.12. The van der Waals surface area contributed by atoms with Gasteiger partial charge < -0.3 is 36.6 Å². The summed E-state index contributed by atoms with van der Waals surface area (Å²) < 4.78 is 5.16. The van der Waals surface area contributed by atoms with E-state index in [-0.39, 0.29) is 31.4 Å². The quantitative estimate of drug-likeness (QED) is 0.164. The maximum atomic E-state index is 13.5. The Labute approximate surface area is 263 Å². The molecule has 1 unspecified atom stereocenters. The molecule has 6 N–H and O–H groups in total. The summed E-state index contributed by atoms with van der Waals surface area (Å²) >= 11 is 0. The van der Waals surface area contributed by atoms with Crippen molar-refractivity contribution in [2.75, 3.05) is 19.7 Å². The number of nitrogens with zero attached hydrogens (tertiary/aromatic N) is 1. The second kappa shape index (κ2) is 17.7. The summed E-state index contributed by atoms with van der Waals surface area (Å²) in [5.74, 6) is -4.84. The minimum atomic E-state index is -1.20. The molecular formula is C31H46N6O8. The maximum absolute atomic E-state index is 13.5. The summed E-state index contributed by atoms with van der Waals surface area (Å²) in [5, 5.41) is 9.86. The molecule has 1 fully saturated rings. The Balaban J connectivity index is 2.02. The van der Waals surface area contributed by atoms with Crippen LogP contribution in [0.4, 0.5) is 4.79 Å². The number of ether oxygens (including phenoxy) is 1. The van der Waals surface area contributed by atoms with E-state index < -0.39 is 72.1 Å². The molecule has 0 radical (unpaired) electrons. The van der Waals surface area contributed by atoms with E-state index >= 15 is 0 Å². The average molecular weight is 631 g/mol. The highest BCUT2D eigenvalue weighted by Crippen LogP contribution is 2.21. The number of carbonyl (C=O) groups is 7.